The van der Waals surface area contributed by atoms with Gasteiger partial charge in [-0.2, -0.15) is 0 Å². The number of carboxylic acid groups (broad SMARTS) is 1. The summed E-state index contributed by atoms with van der Waals surface area (Å²) in [5.74, 6) is -0.725. The Labute approximate surface area is 114 Å². The molecule has 0 radical (unpaired) electrons. The molecule has 0 bridgehead atoms. The van der Waals surface area contributed by atoms with Crippen LogP contribution in [0.15, 0.2) is 0 Å². The summed E-state index contributed by atoms with van der Waals surface area (Å²) in [5.41, 5.74) is -0.112. The molecule has 2 saturated heterocycles. The van der Waals surface area contributed by atoms with Crippen LogP contribution in [0.3, 0.4) is 0 Å². The highest BCUT2D eigenvalue weighted by atomic mass is 16.6. The third-order valence-electron chi connectivity index (χ3n) is 4.40. The maximum atomic E-state index is 10.9. The van der Waals surface area contributed by atoms with E-state index < -0.39 is 5.97 Å². The zero-order valence-corrected chi connectivity index (χ0v) is 11.9. The van der Waals surface area contributed by atoms with Gasteiger partial charge in [-0.25, -0.2) is 0 Å². The first-order valence-electron chi connectivity index (χ1n) is 7.25. The Bertz CT molecular complexity index is 315. The molecule has 2 aliphatic rings. The van der Waals surface area contributed by atoms with E-state index in [0.717, 1.165) is 39.0 Å². The number of carbonyl (C=O) groups is 1. The number of ether oxygens (including phenoxy) is 2. The molecule has 0 aromatic heterocycles. The van der Waals surface area contributed by atoms with Crippen molar-refractivity contribution in [1.29, 1.82) is 0 Å². The summed E-state index contributed by atoms with van der Waals surface area (Å²) in [6.07, 6.45) is 3.12. The van der Waals surface area contributed by atoms with Crippen molar-refractivity contribution < 1.29 is 19.4 Å². The van der Waals surface area contributed by atoms with E-state index in [1.807, 2.05) is 6.92 Å². The molecule has 5 nitrogen and oxygen atoms in total. The zero-order valence-electron chi connectivity index (χ0n) is 11.9. The van der Waals surface area contributed by atoms with Gasteiger partial charge in [-0.05, 0) is 26.3 Å². The maximum Gasteiger partial charge on any atom is 0.304 e. The van der Waals surface area contributed by atoms with Crippen LogP contribution in [0.5, 0.6) is 0 Å². The summed E-state index contributed by atoms with van der Waals surface area (Å²) in [4.78, 5) is 13.2. The molecular weight excluding hydrogens is 246 g/mol. The number of hydrogen-bond donors (Lipinski definition) is 1. The fraction of sp³-hybridized carbons (Fsp3) is 0.929. The van der Waals surface area contributed by atoms with Crippen molar-refractivity contribution in [2.45, 2.75) is 57.2 Å². The summed E-state index contributed by atoms with van der Waals surface area (Å²) in [7, 11) is 0. The van der Waals surface area contributed by atoms with E-state index in [0.29, 0.717) is 12.6 Å². The van der Waals surface area contributed by atoms with E-state index in [4.69, 9.17) is 14.6 Å². The van der Waals surface area contributed by atoms with Crippen molar-refractivity contribution in [2.24, 2.45) is 0 Å². The van der Waals surface area contributed by atoms with Gasteiger partial charge in [0, 0.05) is 31.7 Å². The molecule has 2 heterocycles. The van der Waals surface area contributed by atoms with Gasteiger partial charge in [0.25, 0.3) is 0 Å². The van der Waals surface area contributed by atoms with Crippen LogP contribution in [-0.2, 0) is 14.3 Å². The first kappa shape index (κ1) is 14.8. The fourth-order valence-corrected chi connectivity index (χ4v) is 3.45. The molecule has 0 aliphatic carbocycles. The SMILES string of the molecule is CCN(C(C)CC(=O)O)C1CCOC2(CCOC2)C1. The summed E-state index contributed by atoms with van der Waals surface area (Å²) >= 11 is 0. The minimum absolute atomic E-state index is 0.0740. The second-order valence-electron chi connectivity index (χ2n) is 5.76. The largest absolute Gasteiger partial charge is 0.481 e. The Morgan fingerprint density at radius 3 is 2.89 bits per heavy atom. The van der Waals surface area contributed by atoms with Crippen molar-refractivity contribution in [1.82, 2.24) is 4.90 Å². The Balaban J connectivity index is 1.99. The number of carboxylic acids is 1. The lowest BCUT2D eigenvalue weighted by Crippen LogP contribution is -2.51. The molecule has 110 valence electrons. The summed E-state index contributed by atoms with van der Waals surface area (Å²) in [6.45, 7) is 7.22. The summed E-state index contributed by atoms with van der Waals surface area (Å²) < 4.78 is 11.4. The molecule has 2 rings (SSSR count). The van der Waals surface area contributed by atoms with Crippen LogP contribution in [0.2, 0.25) is 0 Å². The van der Waals surface area contributed by atoms with Crippen LogP contribution < -0.4 is 0 Å². The minimum atomic E-state index is -0.725. The lowest BCUT2D eigenvalue weighted by atomic mass is 9.88. The van der Waals surface area contributed by atoms with Crippen molar-refractivity contribution in [3.05, 3.63) is 0 Å². The zero-order chi connectivity index (χ0) is 13.9. The molecule has 19 heavy (non-hydrogen) atoms. The lowest BCUT2D eigenvalue weighted by molar-refractivity contribution is -0.139. The Morgan fingerprint density at radius 1 is 1.53 bits per heavy atom. The average molecular weight is 271 g/mol. The monoisotopic (exact) mass is 271 g/mol. The first-order chi connectivity index (χ1) is 9.06. The van der Waals surface area contributed by atoms with Crippen molar-refractivity contribution in [2.75, 3.05) is 26.4 Å². The highest BCUT2D eigenvalue weighted by Gasteiger charge is 2.43. The van der Waals surface area contributed by atoms with Crippen LogP contribution in [0, 0.1) is 0 Å². The number of hydrogen-bond acceptors (Lipinski definition) is 4. The van der Waals surface area contributed by atoms with E-state index >= 15 is 0 Å². The molecule has 0 aromatic rings. The molecule has 0 aromatic carbocycles. The van der Waals surface area contributed by atoms with Crippen LogP contribution in [-0.4, -0.2) is 60.0 Å². The van der Waals surface area contributed by atoms with Crippen molar-refractivity contribution in [3.63, 3.8) is 0 Å². The third kappa shape index (κ3) is 3.46. The van der Waals surface area contributed by atoms with Gasteiger partial charge in [-0.3, -0.25) is 9.69 Å². The smallest absolute Gasteiger partial charge is 0.304 e. The first-order valence-corrected chi connectivity index (χ1v) is 7.25. The van der Waals surface area contributed by atoms with Crippen LogP contribution in [0.1, 0.15) is 39.5 Å². The van der Waals surface area contributed by atoms with Gasteiger partial charge >= 0.3 is 5.97 Å². The van der Waals surface area contributed by atoms with Gasteiger partial charge in [0.1, 0.15) is 0 Å². The number of rotatable bonds is 5. The Morgan fingerprint density at radius 2 is 2.32 bits per heavy atom. The maximum absolute atomic E-state index is 10.9. The molecule has 5 heteroatoms. The van der Waals surface area contributed by atoms with Crippen molar-refractivity contribution in [3.8, 4) is 0 Å². The summed E-state index contributed by atoms with van der Waals surface area (Å²) in [5, 5.41) is 8.96. The standard InChI is InChI=1S/C14H25NO4/c1-3-15(11(2)8-13(16)17)12-4-6-19-14(9-12)5-7-18-10-14/h11-12H,3-10H2,1-2H3,(H,16,17). The van der Waals surface area contributed by atoms with Gasteiger partial charge in [-0.15, -0.1) is 0 Å². The second-order valence-corrected chi connectivity index (χ2v) is 5.76. The topological polar surface area (TPSA) is 59.0 Å². The molecule has 3 unspecified atom stereocenters. The molecular formula is C14H25NO4. The van der Waals surface area contributed by atoms with Gasteiger partial charge in [0.2, 0.25) is 0 Å². The highest BCUT2D eigenvalue weighted by Crippen LogP contribution is 2.35. The summed E-state index contributed by atoms with van der Waals surface area (Å²) in [6, 6.07) is 0.486. The third-order valence-corrected chi connectivity index (χ3v) is 4.40. The van der Waals surface area contributed by atoms with Crippen LogP contribution in [0.25, 0.3) is 0 Å². The fourth-order valence-electron chi connectivity index (χ4n) is 3.45. The molecule has 0 saturated carbocycles. The average Bonchev–Trinajstić information content (AvgIpc) is 2.77. The second kappa shape index (κ2) is 6.20. The molecule has 3 atom stereocenters. The number of aliphatic carboxylic acids is 1. The molecule has 1 N–H and O–H groups in total. The number of nitrogens with zero attached hydrogens (tertiary/aromatic N) is 1. The van der Waals surface area contributed by atoms with Gasteiger partial charge < -0.3 is 14.6 Å². The van der Waals surface area contributed by atoms with Gasteiger partial charge in [0.05, 0.1) is 18.6 Å². The Hall–Kier alpha value is -0.650. The van der Waals surface area contributed by atoms with E-state index in [1.165, 1.54) is 0 Å². The molecule has 0 amide bonds. The molecule has 1 spiro atoms. The van der Waals surface area contributed by atoms with Crippen LogP contribution >= 0.6 is 0 Å². The van der Waals surface area contributed by atoms with Crippen LogP contribution in [0.4, 0.5) is 0 Å². The molecule has 2 fully saturated rings. The van der Waals surface area contributed by atoms with Crippen molar-refractivity contribution >= 4 is 5.97 Å². The predicted octanol–water partition coefficient (Wildman–Crippen LogP) is 1.51. The minimum Gasteiger partial charge on any atom is -0.481 e. The van der Waals surface area contributed by atoms with E-state index in [1.54, 1.807) is 0 Å². The van der Waals surface area contributed by atoms with E-state index in [2.05, 4.69) is 11.8 Å². The van der Waals surface area contributed by atoms with E-state index in [-0.39, 0.29) is 18.1 Å². The quantitative estimate of drug-likeness (QED) is 0.821. The highest BCUT2D eigenvalue weighted by molar-refractivity contribution is 5.67. The van der Waals surface area contributed by atoms with Gasteiger partial charge in [-0.1, -0.05) is 6.92 Å². The Kier molecular flexibility index (Phi) is 4.81. The van der Waals surface area contributed by atoms with E-state index in [9.17, 15) is 4.79 Å². The predicted molar refractivity (Wildman–Crippen MR) is 71.2 cm³/mol. The van der Waals surface area contributed by atoms with Gasteiger partial charge in [0.15, 0.2) is 0 Å². The molecule has 2 aliphatic heterocycles. The lowest BCUT2D eigenvalue weighted by Gasteiger charge is -2.44. The normalized spacial score (nSPS) is 32.9.